The number of hydrogen-bond donors (Lipinski definition) is 1. The van der Waals surface area contributed by atoms with Gasteiger partial charge >= 0.3 is 0 Å². The normalized spacial score (nSPS) is 13.8. The summed E-state index contributed by atoms with van der Waals surface area (Å²) >= 11 is 0. The van der Waals surface area contributed by atoms with Crippen LogP contribution in [0.4, 0.5) is 0 Å². The first-order valence-corrected chi connectivity index (χ1v) is 9.63. The number of aromatic nitrogens is 4. The van der Waals surface area contributed by atoms with E-state index in [9.17, 15) is 4.79 Å². The molecule has 0 fully saturated rings. The summed E-state index contributed by atoms with van der Waals surface area (Å²) in [4.78, 5) is 29.0. The largest absolute Gasteiger partial charge is 0.437 e. The molecule has 148 valence electrons. The molecule has 0 spiro atoms. The van der Waals surface area contributed by atoms with E-state index in [1.165, 1.54) is 0 Å². The molecule has 0 unspecified atom stereocenters. The molecule has 0 atom stereocenters. The van der Waals surface area contributed by atoms with E-state index in [0.717, 1.165) is 23.0 Å². The van der Waals surface area contributed by atoms with Gasteiger partial charge in [-0.3, -0.25) is 4.79 Å². The quantitative estimate of drug-likeness (QED) is 0.507. The molecular formula is C23H18N4O3. The highest BCUT2D eigenvalue weighted by molar-refractivity contribution is 6.08. The van der Waals surface area contributed by atoms with Gasteiger partial charge in [-0.1, -0.05) is 18.2 Å². The zero-order chi connectivity index (χ0) is 20.3. The van der Waals surface area contributed by atoms with E-state index in [2.05, 4.69) is 19.9 Å². The molecule has 2 aromatic carbocycles. The van der Waals surface area contributed by atoms with Crippen molar-refractivity contribution in [3.8, 4) is 11.6 Å². The maximum absolute atomic E-state index is 12.8. The predicted molar refractivity (Wildman–Crippen MR) is 111 cm³/mol. The van der Waals surface area contributed by atoms with Gasteiger partial charge in [0.2, 0.25) is 11.7 Å². The topological polar surface area (TPSA) is 90.0 Å². The summed E-state index contributed by atoms with van der Waals surface area (Å²) in [5.74, 6) is 1.14. The molecular weight excluding hydrogens is 380 g/mol. The molecule has 1 aliphatic rings. The van der Waals surface area contributed by atoms with Gasteiger partial charge < -0.3 is 14.5 Å². The number of H-pyrrole nitrogens is 1. The molecule has 30 heavy (non-hydrogen) atoms. The highest BCUT2D eigenvalue weighted by Crippen LogP contribution is 2.29. The summed E-state index contributed by atoms with van der Waals surface area (Å²) in [6, 6.07) is 14.5. The highest BCUT2D eigenvalue weighted by atomic mass is 16.5. The van der Waals surface area contributed by atoms with Crippen molar-refractivity contribution in [2.24, 2.45) is 0 Å². The number of para-hydroxylation sites is 2. The number of carbonyl (C=O) groups excluding carboxylic acids is 1. The fourth-order valence-electron chi connectivity index (χ4n) is 3.35. The minimum absolute atomic E-state index is 0.176. The number of imidazole rings is 1. The van der Waals surface area contributed by atoms with Gasteiger partial charge in [0.1, 0.15) is 11.4 Å². The van der Waals surface area contributed by atoms with E-state index in [-0.39, 0.29) is 5.78 Å². The zero-order valence-electron chi connectivity index (χ0n) is 16.0. The molecule has 1 aliphatic heterocycles. The highest BCUT2D eigenvalue weighted by Gasteiger charge is 2.17. The Morgan fingerprint density at radius 1 is 1.03 bits per heavy atom. The van der Waals surface area contributed by atoms with Crippen LogP contribution in [0.1, 0.15) is 28.3 Å². The first-order chi connectivity index (χ1) is 14.8. The first kappa shape index (κ1) is 18.2. The van der Waals surface area contributed by atoms with Gasteiger partial charge in [-0.05, 0) is 48.4 Å². The molecule has 7 nitrogen and oxygen atoms in total. The van der Waals surface area contributed by atoms with Crippen molar-refractivity contribution >= 4 is 22.4 Å². The Balaban J connectivity index is 1.37. The second-order valence-corrected chi connectivity index (χ2v) is 6.82. The van der Waals surface area contributed by atoms with E-state index >= 15 is 0 Å². The molecule has 0 aliphatic carbocycles. The van der Waals surface area contributed by atoms with Crippen LogP contribution in [0, 0.1) is 0 Å². The summed E-state index contributed by atoms with van der Waals surface area (Å²) < 4.78 is 11.3. The third-order valence-electron chi connectivity index (χ3n) is 4.87. The predicted octanol–water partition coefficient (Wildman–Crippen LogP) is 4.18. The summed E-state index contributed by atoms with van der Waals surface area (Å²) in [7, 11) is 0. The van der Waals surface area contributed by atoms with Crippen molar-refractivity contribution in [1.29, 1.82) is 0 Å². The molecule has 0 saturated carbocycles. The van der Waals surface area contributed by atoms with E-state index in [0.29, 0.717) is 41.9 Å². The third-order valence-corrected chi connectivity index (χ3v) is 4.87. The number of nitrogens with one attached hydrogen (secondary N) is 1. The second-order valence-electron chi connectivity index (χ2n) is 6.82. The Bertz CT molecular complexity index is 1210. The number of benzene rings is 2. The Morgan fingerprint density at radius 3 is 2.67 bits per heavy atom. The molecule has 0 radical (unpaired) electrons. The lowest BCUT2D eigenvalue weighted by atomic mass is 10.1. The van der Waals surface area contributed by atoms with E-state index in [1.54, 1.807) is 36.7 Å². The number of aromatic amines is 1. The Kier molecular flexibility index (Phi) is 4.78. The van der Waals surface area contributed by atoms with Crippen molar-refractivity contribution < 1.29 is 14.3 Å². The lowest BCUT2D eigenvalue weighted by Gasteiger charge is -2.15. The number of fused-ring (bicyclic) bond motifs is 1. The summed E-state index contributed by atoms with van der Waals surface area (Å²) in [6.07, 6.45) is 6.00. The average molecular weight is 398 g/mol. The van der Waals surface area contributed by atoms with Crippen LogP contribution in [0.5, 0.6) is 11.6 Å². The van der Waals surface area contributed by atoms with Crippen LogP contribution in [0.15, 0.2) is 67.0 Å². The van der Waals surface area contributed by atoms with Crippen LogP contribution in [-0.4, -0.2) is 38.9 Å². The summed E-state index contributed by atoms with van der Waals surface area (Å²) in [5, 5.41) is 0. The minimum Gasteiger partial charge on any atom is -0.437 e. The van der Waals surface area contributed by atoms with E-state index < -0.39 is 0 Å². The van der Waals surface area contributed by atoms with Gasteiger partial charge in [-0.2, -0.15) is 0 Å². The molecule has 0 amide bonds. The summed E-state index contributed by atoms with van der Waals surface area (Å²) in [5.41, 5.74) is 3.88. The fourth-order valence-corrected chi connectivity index (χ4v) is 3.35. The van der Waals surface area contributed by atoms with Gasteiger partial charge in [0.05, 0.1) is 24.2 Å². The number of hydrogen-bond acceptors (Lipinski definition) is 6. The Hall–Kier alpha value is -3.84. The van der Waals surface area contributed by atoms with Gasteiger partial charge in [0, 0.05) is 18.0 Å². The molecule has 0 saturated heterocycles. The lowest BCUT2D eigenvalue weighted by molar-refractivity contribution is 0.103. The molecule has 0 bridgehead atoms. The van der Waals surface area contributed by atoms with Gasteiger partial charge in [0.25, 0.3) is 0 Å². The first-order valence-electron chi connectivity index (χ1n) is 9.63. The summed E-state index contributed by atoms with van der Waals surface area (Å²) in [6.45, 7) is 1.21. The number of carbonyl (C=O) groups is 1. The van der Waals surface area contributed by atoms with Crippen LogP contribution in [0.25, 0.3) is 16.6 Å². The molecule has 2 aromatic heterocycles. The Labute approximate surface area is 172 Å². The number of ketones is 1. The van der Waals surface area contributed by atoms with E-state index in [1.807, 2.05) is 30.3 Å². The zero-order valence-corrected chi connectivity index (χ0v) is 16.0. The molecule has 4 aromatic rings. The van der Waals surface area contributed by atoms with Crippen molar-refractivity contribution in [3.05, 3.63) is 84.1 Å². The van der Waals surface area contributed by atoms with Crippen molar-refractivity contribution in [1.82, 2.24) is 19.9 Å². The second kappa shape index (κ2) is 7.88. The maximum atomic E-state index is 12.8. The SMILES string of the molecule is O=C(c1ccc(Oc2nccnc2C2=CCOCC2)cc1)c1nc2ccccc2[nH]1. The monoisotopic (exact) mass is 398 g/mol. The standard InChI is InChI=1S/C23H18N4O3/c28-21(22-26-18-3-1-2-4-19(18)27-22)16-5-7-17(8-6-16)30-23-20(24-11-12-25-23)15-9-13-29-14-10-15/h1-9,11-12H,10,13-14H2,(H,26,27). The Morgan fingerprint density at radius 2 is 1.87 bits per heavy atom. The molecule has 3 heterocycles. The average Bonchev–Trinajstić information content (AvgIpc) is 3.24. The van der Waals surface area contributed by atoms with Crippen LogP contribution in [-0.2, 0) is 4.74 Å². The van der Waals surface area contributed by atoms with Crippen LogP contribution in [0.2, 0.25) is 0 Å². The van der Waals surface area contributed by atoms with Crippen LogP contribution in [0.3, 0.4) is 0 Å². The van der Waals surface area contributed by atoms with Crippen LogP contribution >= 0.6 is 0 Å². The van der Waals surface area contributed by atoms with Gasteiger partial charge in [-0.15, -0.1) is 0 Å². The molecule has 1 N–H and O–H groups in total. The fraction of sp³-hybridized carbons (Fsp3) is 0.130. The van der Waals surface area contributed by atoms with Gasteiger partial charge in [0.15, 0.2) is 5.82 Å². The van der Waals surface area contributed by atoms with Crippen molar-refractivity contribution in [2.75, 3.05) is 13.2 Å². The molecule has 5 rings (SSSR count). The smallest absolute Gasteiger partial charge is 0.245 e. The van der Waals surface area contributed by atoms with Crippen molar-refractivity contribution in [2.45, 2.75) is 6.42 Å². The third kappa shape index (κ3) is 3.58. The van der Waals surface area contributed by atoms with E-state index in [4.69, 9.17) is 9.47 Å². The van der Waals surface area contributed by atoms with Crippen molar-refractivity contribution in [3.63, 3.8) is 0 Å². The maximum Gasteiger partial charge on any atom is 0.245 e. The van der Waals surface area contributed by atoms with Crippen LogP contribution < -0.4 is 4.74 Å². The minimum atomic E-state index is -0.176. The number of nitrogens with zero attached hydrogens (tertiary/aromatic N) is 3. The van der Waals surface area contributed by atoms with Gasteiger partial charge in [-0.25, -0.2) is 15.0 Å². The number of ether oxygens (including phenoxy) is 2. The number of rotatable bonds is 5. The molecule has 7 heteroatoms. The lowest BCUT2D eigenvalue weighted by Crippen LogP contribution is -2.06.